The highest BCUT2D eigenvalue weighted by atomic mass is 32.1. The summed E-state index contributed by atoms with van der Waals surface area (Å²) in [6, 6.07) is 32.6. The van der Waals surface area contributed by atoms with E-state index in [0.717, 1.165) is 43.4 Å². The third-order valence-corrected chi connectivity index (χ3v) is 8.13. The molecule has 4 nitrogen and oxygen atoms in total. The molecule has 1 N–H and O–H groups in total. The van der Waals surface area contributed by atoms with Crippen molar-refractivity contribution in [1.82, 2.24) is 0 Å². The van der Waals surface area contributed by atoms with E-state index < -0.39 is 6.10 Å². The Morgan fingerprint density at radius 1 is 0.778 bits per heavy atom. The summed E-state index contributed by atoms with van der Waals surface area (Å²) in [6.45, 7) is 0. The normalized spacial score (nSPS) is 17.4. The van der Waals surface area contributed by atoms with Crippen LogP contribution >= 0.6 is 11.3 Å². The number of aliphatic hydroxyl groups is 1. The maximum atomic E-state index is 13.3. The number of hydrogen-bond acceptors (Lipinski definition) is 5. The number of carbonyl (C=O) groups is 1. The van der Waals surface area contributed by atoms with Crippen molar-refractivity contribution in [1.29, 1.82) is 0 Å². The minimum absolute atomic E-state index is 0.103. The largest absolute Gasteiger partial charge is 0.383 e. The molecule has 0 spiro atoms. The molecular weight excluding hydrogens is 464 g/mol. The van der Waals surface area contributed by atoms with Gasteiger partial charge in [-0.3, -0.25) is 9.69 Å². The van der Waals surface area contributed by atoms with Gasteiger partial charge in [-0.1, -0.05) is 48.5 Å². The summed E-state index contributed by atoms with van der Waals surface area (Å²) >= 11 is 1.61. The summed E-state index contributed by atoms with van der Waals surface area (Å²) in [7, 11) is 2.09. The van der Waals surface area contributed by atoms with Crippen molar-refractivity contribution in [3.63, 3.8) is 0 Å². The molecule has 1 aliphatic carbocycles. The summed E-state index contributed by atoms with van der Waals surface area (Å²) < 4.78 is 0. The molecule has 0 radical (unpaired) electrons. The van der Waals surface area contributed by atoms with E-state index in [9.17, 15) is 9.90 Å². The first-order chi connectivity index (χ1) is 17.6. The van der Waals surface area contributed by atoms with Gasteiger partial charge in [0.1, 0.15) is 11.1 Å². The van der Waals surface area contributed by atoms with E-state index in [1.54, 1.807) is 11.3 Å². The molecule has 7 rings (SSSR count). The molecule has 0 fully saturated rings. The second kappa shape index (κ2) is 7.92. The van der Waals surface area contributed by atoms with Gasteiger partial charge in [0.15, 0.2) is 5.78 Å². The van der Waals surface area contributed by atoms with Crippen molar-refractivity contribution < 1.29 is 9.90 Å². The lowest BCUT2D eigenvalue weighted by atomic mass is 10.0. The molecule has 1 aromatic heterocycles. The van der Waals surface area contributed by atoms with E-state index in [0.29, 0.717) is 16.7 Å². The third kappa shape index (κ3) is 3.07. The van der Waals surface area contributed by atoms with Gasteiger partial charge in [0.25, 0.3) is 0 Å². The number of para-hydroxylation sites is 4. The average Bonchev–Trinajstić information content (AvgIpc) is 3.46. The molecule has 36 heavy (non-hydrogen) atoms. The second-order valence-corrected chi connectivity index (χ2v) is 10.3. The summed E-state index contributed by atoms with van der Waals surface area (Å²) in [6.07, 6.45) is 0.924. The fraction of sp³-hybridized carbons (Fsp3) is 0.0645. The van der Waals surface area contributed by atoms with Gasteiger partial charge in [-0.25, -0.2) is 0 Å². The molecule has 2 aliphatic rings. The van der Waals surface area contributed by atoms with Gasteiger partial charge in [0.2, 0.25) is 0 Å². The number of ketones is 1. The van der Waals surface area contributed by atoms with Crippen LogP contribution < -0.4 is 9.80 Å². The summed E-state index contributed by atoms with van der Waals surface area (Å²) in [4.78, 5) is 18.7. The molecule has 2 heterocycles. The number of benzene rings is 4. The first-order valence-electron chi connectivity index (χ1n) is 11.9. The number of rotatable bonds is 2. The van der Waals surface area contributed by atoms with Crippen molar-refractivity contribution in [2.24, 2.45) is 0 Å². The maximum absolute atomic E-state index is 13.3. The Morgan fingerprint density at radius 2 is 1.36 bits per heavy atom. The van der Waals surface area contributed by atoms with Crippen LogP contribution in [0.5, 0.6) is 0 Å². The Bertz CT molecular complexity index is 1670. The first-order valence-corrected chi connectivity index (χ1v) is 12.7. The standard InChI is InChI=1S/C31H22N2O2S/c1-32-25-10-4-6-12-27(25)33(28-13-7-5-11-26(28)32)29-15-14-21(36-29)18-24-30(34)22-16-19-8-2-3-9-20(19)17-23(22)31(24)35/h2-18,30,34H,1H3/b24-18+. The molecule has 5 aromatic rings. The quantitative estimate of drug-likeness (QED) is 0.259. The topological polar surface area (TPSA) is 43.8 Å². The lowest BCUT2D eigenvalue weighted by Crippen LogP contribution is -2.23. The van der Waals surface area contributed by atoms with E-state index in [-0.39, 0.29) is 5.78 Å². The monoisotopic (exact) mass is 486 g/mol. The molecule has 0 bridgehead atoms. The maximum Gasteiger partial charge on any atom is 0.192 e. The highest BCUT2D eigenvalue weighted by molar-refractivity contribution is 7.17. The Balaban J connectivity index is 1.30. The zero-order valence-corrected chi connectivity index (χ0v) is 20.4. The van der Waals surface area contributed by atoms with Crippen LogP contribution in [-0.2, 0) is 0 Å². The zero-order valence-electron chi connectivity index (χ0n) is 19.6. The molecule has 4 aromatic carbocycles. The number of thiophene rings is 1. The van der Waals surface area contributed by atoms with Crippen LogP contribution in [0, 0.1) is 0 Å². The lowest BCUT2D eigenvalue weighted by molar-refractivity contribution is 0.102. The molecule has 174 valence electrons. The van der Waals surface area contributed by atoms with Crippen LogP contribution in [0.15, 0.2) is 103 Å². The van der Waals surface area contributed by atoms with Gasteiger partial charge in [-0.2, -0.15) is 0 Å². The first kappa shape index (κ1) is 21.1. The average molecular weight is 487 g/mol. The minimum Gasteiger partial charge on any atom is -0.383 e. The van der Waals surface area contributed by atoms with Crippen LogP contribution in [0.1, 0.15) is 26.9 Å². The van der Waals surface area contributed by atoms with Crippen LogP contribution in [0.2, 0.25) is 0 Å². The fourth-order valence-corrected chi connectivity index (χ4v) is 6.32. The number of anilines is 5. The van der Waals surface area contributed by atoms with Gasteiger partial charge in [-0.15, -0.1) is 11.3 Å². The van der Waals surface area contributed by atoms with Crippen molar-refractivity contribution >= 4 is 61.7 Å². The molecular formula is C31H22N2O2S. The molecule has 1 atom stereocenters. The molecule has 0 amide bonds. The molecule has 5 heteroatoms. The predicted molar refractivity (Wildman–Crippen MR) is 148 cm³/mol. The van der Waals surface area contributed by atoms with E-state index in [2.05, 4.69) is 71.4 Å². The van der Waals surface area contributed by atoms with Crippen LogP contribution in [0.3, 0.4) is 0 Å². The van der Waals surface area contributed by atoms with E-state index >= 15 is 0 Å². The minimum atomic E-state index is -0.923. The van der Waals surface area contributed by atoms with Gasteiger partial charge in [0.05, 0.1) is 22.7 Å². The van der Waals surface area contributed by atoms with Gasteiger partial charge >= 0.3 is 0 Å². The van der Waals surface area contributed by atoms with E-state index in [1.807, 2.05) is 48.5 Å². The highest BCUT2D eigenvalue weighted by Gasteiger charge is 2.34. The SMILES string of the molecule is CN1c2ccccc2N(c2ccc(/C=C3/C(=O)c4cc5ccccc5cc4C3O)s2)c2ccccc21. The Morgan fingerprint density at radius 3 is 2.03 bits per heavy atom. The van der Waals surface area contributed by atoms with Gasteiger partial charge < -0.3 is 10.0 Å². The Hall–Kier alpha value is -4.19. The summed E-state index contributed by atoms with van der Waals surface area (Å²) in [5, 5.41) is 14.2. The van der Waals surface area contributed by atoms with E-state index in [4.69, 9.17) is 0 Å². The van der Waals surface area contributed by atoms with Crippen molar-refractivity contribution in [2.75, 3.05) is 16.8 Å². The van der Waals surface area contributed by atoms with Gasteiger partial charge in [0, 0.05) is 23.1 Å². The molecule has 1 aliphatic heterocycles. The summed E-state index contributed by atoms with van der Waals surface area (Å²) in [5.41, 5.74) is 6.18. The number of carbonyl (C=O) groups excluding carboxylic acids is 1. The van der Waals surface area contributed by atoms with Gasteiger partial charge in [-0.05, 0) is 70.9 Å². The Labute approximate surface area is 213 Å². The number of fused-ring (bicyclic) bond motifs is 4. The highest BCUT2D eigenvalue weighted by Crippen LogP contribution is 2.52. The van der Waals surface area contributed by atoms with Crippen molar-refractivity contribution in [3.05, 3.63) is 119 Å². The number of hydrogen-bond donors (Lipinski definition) is 1. The third-order valence-electron chi connectivity index (χ3n) is 7.11. The number of Topliss-reactive ketones (excluding diaryl/α,β-unsaturated/α-hetero) is 1. The van der Waals surface area contributed by atoms with Crippen LogP contribution in [-0.4, -0.2) is 17.9 Å². The fourth-order valence-electron chi connectivity index (χ4n) is 5.34. The van der Waals surface area contributed by atoms with Crippen molar-refractivity contribution in [2.45, 2.75) is 6.10 Å². The molecule has 0 saturated carbocycles. The summed E-state index contributed by atoms with van der Waals surface area (Å²) in [5.74, 6) is -0.103. The predicted octanol–water partition coefficient (Wildman–Crippen LogP) is 7.77. The Kier molecular flexibility index (Phi) is 4.64. The van der Waals surface area contributed by atoms with Crippen LogP contribution in [0.4, 0.5) is 27.8 Å². The van der Waals surface area contributed by atoms with Crippen LogP contribution in [0.25, 0.3) is 16.8 Å². The van der Waals surface area contributed by atoms with Crippen molar-refractivity contribution in [3.8, 4) is 0 Å². The number of aliphatic hydroxyl groups excluding tert-OH is 1. The number of nitrogens with zero attached hydrogens (tertiary/aromatic N) is 2. The molecule has 1 unspecified atom stereocenters. The second-order valence-electron chi connectivity index (χ2n) is 9.17. The zero-order chi connectivity index (χ0) is 24.4. The molecule has 0 saturated heterocycles. The lowest BCUT2D eigenvalue weighted by Gasteiger charge is -2.37. The van der Waals surface area contributed by atoms with E-state index in [1.165, 1.54) is 0 Å². The smallest absolute Gasteiger partial charge is 0.192 e.